The zero-order valence-corrected chi connectivity index (χ0v) is 13.6. The van der Waals surface area contributed by atoms with Gasteiger partial charge in [0, 0.05) is 25.7 Å². The van der Waals surface area contributed by atoms with Gasteiger partial charge in [-0.3, -0.25) is 4.90 Å². The third-order valence-electron chi connectivity index (χ3n) is 3.28. The number of hydrogen-bond donors (Lipinski definition) is 1. The number of nitrogens with zero attached hydrogens (tertiary/aromatic N) is 1. The van der Waals surface area contributed by atoms with Crippen molar-refractivity contribution in [3.05, 3.63) is 29.8 Å². The predicted molar refractivity (Wildman–Crippen MR) is 86.2 cm³/mol. The fourth-order valence-electron chi connectivity index (χ4n) is 2.22. The van der Waals surface area contributed by atoms with Crippen LogP contribution in [-0.4, -0.2) is 37.7 Å². The van der Waals surface area contributed by atoms with Crippen molar-refractivity contribution in [2.45, 2.75) is 40.3 Å². The van der Waals surface area contributed by atoms with Crippen LogP contribution in [0.15, 0.2) is 24.3 Å². The van der Waals surface area contributed by atoms with Gasteiger partial charge < -0.3 is 10.1 Å². The topological polar surface area (TPSA) is 24.5 Å². The molecule has 20 heavy (non-hydrogen) atoms. The molecule has 0 aromatic heterocycles. The van der Waals surface area contributed by atoms with Gasteiger partial charge in [-0.15, -0.1) is 0 Å². The number of ether oxygens (including phenoxy) is 1. The summed E-state index contributed by atoms with van der Waals surface area (Å²) in [4.78, 5) is 2.47. The summed E-state index contributed by atoms with van der Waals surface area (Å²) >= 11 is 0. The quantitative estimate of drug-likeness (QED) is 0.751. The molecular weight excluding hydrogens is 248 g/mol. The minimum absolute atomic E-state index is 0.569. The summed E-state index contributed by atoms with van der Waals surface area (Å²) in [6, 6.07) is 8.89. The summed E-state index contributed by atoms with van der Waals surface area (Å²) < 4.78 is 5.84. The van der Waals surface area contributed by atoms with Crippen LogP contribution in [0.3, 0.4) is 0 Å². The smallest absolute Gasteiger partial charge is 0.119 e. The second-order valence-corrected chi connectivity index (χ2v) is 6.01. The van der Waals surface area contributed by atoms with E-state index in [2.05, 4.69) is 62.2 Å². The Kier molecular flexibility index (Phi) is 7.63. The van der Waals surface area contributed by atoms with Crippen molar-refractivity contribution in [3.63, 3.8) is 0 Å². The van der Waals surface area contributed by atoms with E-state index in [0.717, 1.165) is 32.0 Å². The summed E-state index contributed by atoms with van der Waals surface area (Å²) in [5, 5.41) is 3.14. The molecule has 0 aliphatic heterocycles. The maximum absolute atomic E-state index is 5.84. The van der Waals surface area contributed by atoms with Gasteiger partial charge in [0.1, 0.15) is 12.4 Å². The SMILES string of the molecule is CNCc1ccc(OCCN(CC(C)C)C(C)C)cc1. The average molecular weight is 278 g/mol. The summed E-state index contributed by atoms with van der Waals surface area (Å²) in [6.07, 6.45) is 0. The van der Waals surface area contributed by atoms with Gasteiger partial charge in [-0.1, -0.05) is 26.0 Å². The molecule has 0 aliphatic rings. The van der Waals surface area contributed by atoms with E-state index >= 15 is 0 Å². The van der Waals surface area contributed by atoms with E-state index in [9.17, 15) is 0 Å². The molecule has 0 aliphatic carbocycles. The highest BCUT2D eigenvalue weighted by Gasteiger charge is 2.10. The minimum Gasteiger partial charge on any atom is -0.492 e. The van der Waals surface area contributed by atoms with Crippen LogP contribution < -0.4 is 10.1 Å². The summed E-state index contributed by atoms with van der Waals surface area (Å²) in [7, 11) is 1.96. The Bertz CT molecular complexity index is 360. The van der Waals surface area contributed by atoms with Crippen LogP contribution in [0.4, 0.5) is 0 Å². The number of benzene rings is 1. The normalized spacial score (nSPS) is 11.6. The van der Waals surface area contributed by atoms with Crippen LogP contribution in [0.2, 0.25) is 0 Å². The van der Waals surface area contributed by atoms with Crippen molar-refractivity contribution in [2.75, 3.05) is 26.7 Å². The average Bonchev–Trinajstić information content (AvgIpc) is 2.39. The molecule has 0 heterocycles. The first kappa shape index (κ1) is 17.0. The minimum atomic E-state index is 0.569. The highest BCUT2D eigenvalue weighted by atomic mass is 16.5. The van der Waals surface area contributed by atoms with Gasteiger partial charge in [0.05, 0.1) is 0 Å². The van der Waals surface area contributed by atoms with Gasteiger partial charge in [0.25, 0.3) is 0 Å². The molecule has 0 spiro atoms. The van der Waals surface area contributed by atoms with Gasteiger partial charge >= 0.3 is 0 Å². The van der Waals surface area contributed by atoms with Gasteiger partial charge in [0.15, 0.2) is 0 Å². The standard InChI is InChI=1S/C17H30N2O/c1-14(2)13-19(15(3)4)10-11-20-17-8-6-16(7-9-17)12-18-5/h6-9,14-15,18H,10-13H2,1-5H3. The monoisotopic (exact) mass is 278 g/mol. The number of nitrogens with one attached hydrogen (secondary N) is 1. The molecule has 1 aromatic rings. The first-order valence-electron chi connectivity index (χ1n) is 7.63. The zero-order chi connectivity index (χ0) is 15.0. The molecule has 3 heteroatoms. The molecule has 1 aromatic carbocycles. The second-order valence-electron chi connectivity index (χ2n) is 6.01. The zero-order valence-electron chi connectivity index (χ0n) is 13.6. The summed E-state index contributed by atoms with van der Waals surface area (Å²) in [5.74, 6) is 1.65. The maximum Gasteiger partial charge on any atom is 0.119 e. The van der Waals surface area contributed by atoms with Crippen molar-refractivity contribution in [1.29, 1.82) is 0 Å². The molecule has 0 bridgehead atoms. The van der Waals surface area contributed by atoms with Crippen LogP contribution in [0.5, 0.6) is 5.75 Å². The van der Waals surface area contributed by atoms with Crippen LogP contribution in [-0.2, 0) is 6.54 Å². The van der Waals surface area contributed by atoms with E-state index in [1.165, 1.54) is 5.56 Å². The predicted octanol–water partition coefficient (Wildman–Crippen LogP) is 3.15. The first-order chi connectivity index (χ1) is 9.52. The summed E-state index contributed by atoms with van der Waals surface area (Å²) in [6.45, 7) is 12.8. The molecule has 3 nitrogen and oxygen atoms in total. The lowest BCUT2D eigenvalue weighted by Crippen LogP contribution is -2.37. The van der Waals surface area contributed by atoms with E-state index in [-0.39, 0.29) is 0 Å². The highest BCUT2D eigenvalue weighted by Crippen LogP contribution is 2.12. The Hall–Kier alpha value is -1.06. The van der Waals surface area contributed by atoms with Crippen LogP contribution >= 0.6 is 0 Å². The largest absolute Gasteiger partial charge is 0.492 e. The third-order valence-corrected chi connectivity index (χ3v) is 3.28. The highest BCUT2D eigenvalue weighted by molar-refractivity contribution is 5.27. The molecule has 0 amide bonds. The molecule has 0 saturated carbocycles. The van der Waals surface area contributed by atoms with Crippen molar-refractivity contribution in [1.82, 2.24) is 10.2 Å². The Morgan fingerprint density at radius 3 is 2.25 bits per heavy atom. The molecule has 0 atom stereocenters. The van der Waals surface area contributed by atoms with E-state index in [4.69, 9.17) is 4.74 Å². The Labute approximate surface area is 124 Å². The van der Waals surface area contributed by atoms with Crippen molar-refractivity contribution in [3.8, 4) is 5.75 Å². The lowest BCUT2D eigenvalue weighted by atomic mass is 10.2. The van der Waals surface area contributed by atoms with Gasteiger partial charge in [0.2, 0.25) is 0 Å². The van der Waals surface area contributed by atoms with Crippen LogP contribution in [0, 0.1) is 5.92 Å². The molecule has 0 unspecified atom stereocenters. The van der Waals surface area contributed by atoms with Gasteiger partial charge in [-0.25, -0.2) is 0 Å². The molecule has 1 N–H and O–H groups in total. The summed E-state index contributed by atoms with van der Waals surface area (Å²) in [5.41, 5.74) is 1.28. The van der Waals surface area contributed by atoms with E-state index < -0.39 is 0 Å². The fraction of sp³-hybridized carbons (Fsp3) is 0.647. The van der Waals surface area contributed by atoms with Crippen molar-refractivity contribution < 1.29 is 4.74 Å². The first-order valence-corrected chi connectivity index (χ1v) is 7.63. The van der Waals surface area contributed by atoms with Crippen LogP contribution in [0.1, 0.15) is 33.3 Å². The molecule has 0 radical (unpaired) electrons. The van der Waals surface area contributed by atoms with Crippen molar-refractivity contribution in [2.24, 2.45) is 5.92 Å². The van der Waals surface area contributed by atoms with Gasteiger partial charge in [-0.05, 0) is 44.5 Å². The van der Waals surface area contributed by atoms with Gasteiger partial charge in [-0.2, -0.15) is 0 Å². The molecule has 114 valence electrons. The third kappa shape index (κ3) is 6.40. The van der Waals surface area contributed by atoms with E-state index in [1.54, 1.807) is 0 Å². The Morgan fingerprint density at radius 2 is 1.75 bits per heavy atom. The molecule has 0 fully saturated rings. The second kappa shape index (κ2) is 8.98. The molecular formula is C17H30N2O. The number of hydrogen-bond acceptors (Lipinski definition) is 3. The Balaban J connectivity index is 2.38. The molecule has 0 saturated heterocycles. The van der Waals surface area contributed by atoms with Crippen molar-refractivity contribution >= 4 is 0 Å². The van der Waals surface area contributed by atoms with E-state index in [0.29, 0.717) is 12.0 Å². The van der Waals surface area contributed by atoms with Crippen LogP contribution in [0.25, 0.3) is 0 Å². The number of rotatable bonds is 9. The fourth-order valence-corrected chi connectivity index (χ4v) is 2.22. The maximum atomic E-state index is 5.84. The molecule has 1 rings (SSSR count). The lowest BCUT2D eigenvalue weighted by Gasteiger charge is -2.28. The Morgan fingerprint density at radius 1 is 1.10 bits per heavy atom. The van der Waals surface area contributed by atoms with E-state index in [1.807, 2.05) is 7.05 Å². The lowest BCUT2D eigenvalue weighted by molar-refractivity contribution is 0.160.